The SMILES string of the molecule is CC(C)(C)c1n[nH]nc1CN. The molecule has 0 radical (unpaired) electrons. The van der Waals surface area contributed by atoms with Gasteiger partial charge in [-0.3, -0.25) is 0 Å². The molecule has 0 bridgehead atoms. The summed E-state index contributed by atoms with van der Waals surface area (Å²) >= 11 is 0. The van der Waals surface area contributed by atoms with Crippen LogP contribution in [0, 0.1) is 0 Å². The number of nitrogens with two attached hydrogens (primary N) is 1. The molecule has 62 valence electrons. The number of hydrogen-bond acceptors (Lipinski definition) is 3. The summed E-state index contributed by atoms with van der Waals surface area (Å²) in [5.74, 6) is 0. The van der Waals surface area contributed by atoms with Gasteiger partial charge in [-0.1, -0.05) is 20.8 Å². The van der Waals surface area contributed by atoms with Crippen LogP contribution in [-0.4, -0.2) is 15.4 Å². The Morgan fingerprint density at radius 3 is 2.36 bits per heavy atom. The second-order valence-corrected chi connectivity index (χ2v) is 3.57. The van der Waals surface area contributed by atoms with Gasteiger partial charge in [-0.2, -0.15) is 15.4 Å². The largest absolute Gasteiger partial charge is 0.325 e. The monoisotopic (exact) mass is 154 g/mol. The van der Waals surface area contributed by atoms with Crippen LogP contribution in [-0.2, 0) is 12.0 Å². The van der Waals surface area contributed by atoms with Gasteiger partial charge in [0.25, 0.3) is 0 Å². The van der Waals surface area contributed by atoms with Crippen molar-refractivity contribution in [1.82, 2.24) is 15.4 Å². The molecule has 0 fully saturated rings. The van der Waals surface area contributed by atoms with Crippen LogP contribution in [0.1, 0.15) is 32.2 Å². The number of aromatic amines is 1. The number of nitrogens with one attached hydrogen (secondary N) is 1. The Labute approximate surface area is 66.2 Å². The highest BCUT2D eigenvalue weighted by Crippen LogP contribution is 2.21. The molecule has 1 rings (SSSR count). The van der Waals surface area contributed by atoms with E-state index in [0.717, 1.165) is 11.4 Å². The van der Waals surface area contributed by atoms with Crippen molar-refractivity contribution >= 4 is 0 Å². The predicted octanol–water partition coefficient (Wildman–Crippen LogP) is 0.561. The topological polar surface area (TPSA) is 67.6 Å². The molecule has 0 unspecified atom stereocenters. The minimum absolute atomic E-state index is 0.0295. The standard InChI is InChI=1S/C7H14N4/c1-7(2,3)6-5(4-8)9-11-10-6/h4,8H2,1-3H3,(H,9,10,11). The minimum atomic E-state index is 0.0295. The molecule has 4 nitrogen and oxygen atoms in total. The summed E-state index contributed by atoms with van der Waals surface area (Å²) in [5.41, 5.74) is 7.32. The molecule has 11 heavy (non-hydrogen) atoms. The maximum absolute atomic E-state index is 5.47. The molecule has 0 saturated carbocycles. The predicted molar refractivity (Wildman–Crippen MR) is 43.0 cm³/mol. The third-order valence-electron chi connectivity index (χ3n) is 1.52. The van der Waals surface area contributed by atoms with Gasteiger partial charge in [-0.05, 0) is 0 Å². The molecule has 0 aliphatic carbocycles. The van der Waals surface area contributed by atoms with E-state index in [2.05, 4.69) is 36.2 Å². The molecule has 1 aromatic rings. The van der Waals surface area contributed by atoms with Crippen LogP contribution in [0.4, 0.5) is 0 Å². The second kappa shape index (κ2) is 2.62. The molecule has 0 aliphatic heterocycles. The van der Waals surface area contributed by atoms with Crippen LogP contribution in [0.15, 0.2) is 0 Å². The normalized spacial score (nSPS) is 12.0. The highest BCUT2D eigenvalue weighted by molar-refractivity contribution is 5.16. The lowest BCUT2D eigenvalue weighted by Gasteiger charge is -2.15. The van der Waals surface area contributed by atoms with Crippen molar-refractivity contribution in [1.29, 1.82) is 0 Å². The number of nitrogens with zero attached hydrogens (tertiary/aromatic N) is 2. The summed E-state index contributed by atoms with van der Waals surface area (Å²) < 4.78 is 0. The van der Waals surface area contributed by atoms with E-state index in [-0.39, 0.29) is 5.41 Å². The average Bonchev–Trinajstić information content (AvgIpc) is 2.31. The number of H-pyrrole nitrogens is 1. The second-order valence-electron chi connectivity index (χ2n) is 3.57. The van der Waals surface area contributed by atoms with Gasteiger partial charge in [-0.15, -0.1) is 0 Å². The van der Waals surface area contributed by atoms with Gasteiger partial charge < -0.3 is 5.73 Å². The molecular formula is C7H14N4. The van der Waals surface area contributed by atoms with E-state index in [0.29, 0.717) is 6.54 Å². The van der Waals surface area contributed by atoms with Crippen LogP contribution in [0.25, 0.3) is 0 Å². The summed E-state index contributed by atoms with van der Waals surface area (Å²) in [6, 6.07) is 0. The Kier molecular flexibility index (Phi) is 1.95. The van der Waals surface area contributed by atoms with E-state index in [4.69, 9.17) is 5.73 Å². The van der Waals surface area contributed by atoms with Gasteiger partial charge in [-0.25, -0.2) is 0 Å². The molecule has 0 aromatic carbocycles. The van der Waals surface area contributed by atoms with Gasteiger partial charge in [0.05, 0.1) is 11.4 Å². The molecule has 1 aromatic heterocycles. The summed E-state index contributed by atoms with van der Waals surface area (Å²) in [6.07, 6.45) is 0. The van der Waals surface area contributed by atoms with Crippen LogP contribution in [0.5, 0.6) is 0 Å². The van der Waals surface area contributed by atoms with E-state index in [1.807, 2.05) is 0 Å². The molecule has 4 heteroatoms. The average molecular weight is 154 g/mol. The zero-order chi connectivity index (χ0) is 8.48. The fourth-order valence-corrected chi connectivity index (χ4v) is 0.996. The van der Waals surface area contributed by atoms with E-state index in [9.17, 15) is 0 Å². The lowest BCUT2D eigenvalue weighted by molar-refractivity contribution is 0.560. The summed E-state index contributed by atoms with van der Waals surface area (Å²) in [7, 11) is 0. The third-order valence-corrected chi connectivity index (χ3v) is 1.52. The van der Waals surface area contributed by atoms with Crippen LogP contribution < -0.4 is 5.73 Å². The Hall–Kier alpha value is -0.900. The Bertz CT molecular complexity index is 233. The molecule has 0 aliphatic rings. The van der Waals surface area contributed by atoms with E-state index >= 15 is 0 Å². The van der Waals surface area contributed by atoms with Crippen molar-refractivity contribution in [3.05, 3.63) is 11.4 Å². The molecule has 0 amide bonds. The van der Waals surface area contributed by atoms with Crippen molar-refractivity contribution in [2.45, 2.75) is 32.7 Å². The van der Waals surface area contributed by atoms with Crippen molar-refractivity contribution in [3.8, 4) is 0 Å². The van der Waals surface area contributed by atoms with Crippen molar-refractivity contribution in [2.75, 3.05) is 0 Å². The molecule has 1 heterocycles. The Balaban J connectivity index is 3.02. The fraction of sp³-hybridized carbons (Fsp3) is 0.714. The summed E-state index contributed by atoms with van der Waals surface area (Å²) in [5, 5.41) is 10.6. The number of rotatable bonds is 1. The first-order valence-corrected chi connectivity index (χ1v) is 3.66. The lowest BCUT2D eigenvalue weighted by atomic mass is 9.91. The number of aromatic nitrogens is 3. The quantitative estimate of drug-likeness (QED) is 0.621. The highest BCUT2D eigenvalue weighted by atomic mass is 15.3. The maximum Gasteiger partial charge on any atom is 0.0997 e. The van der Waals surface area contributed by atoms with Crippen LogP contribution >= 0.6 is 0 Å². The van der Waals surface area contributed by atoms with Gasteiger partial charge >= 0.3 is 0 Å². The van der Waals surface area contributed by atoms with E-state index in [1.165, 1.54) is 0 Å². The Morgan fingerprint density at radius 1 is 1.36 bits per heavy atom. The van der Waals surface area contributed by atoms with Gasteiger partial charge in [0.2, 0.25) is 0 Å². The summed E-state index contributed by atoms with van der Waals surface area (Å²) in [4.78, 5) is 0. The van der Waals surface area contributed by atoms with Crippen LogP contribution in [0.3, 0.4) is 0 Å². The van der Waals surface area contributed by atoms with Crippen molar-refractivity contribution in [3.63, 3.8) is 0 Å². The molecule has 0 spiro atoms. The third kappa shape index (κ3) is 1.57. The zero-order valence-electron chi connectivity index (χ0n) is 7.18. The van der Waals surface area contributed by atoms with Gasteiger partial charge in [0.15, 0.2) is 0 Å². The smallest absolute Gasteiger partial charge is 0.0997 e. The first-order valence-electron chi connectivity index (χ1n) is 3.66. The molecular weight excluding hydrogens is 140 g/mol. The first-order chi connectivity index (χ1) is 5.05. The van der Waals surface area contributed by atoms with Gasteiger partial charge in [0.1, 0.15) is 0 Å². The molecule has 3 N–H and O–H groups in total. The van der Waals surface area contributed by atoms with Gasteiger partial charge in [0, 0.05) is 12.0 Å². The van der Waals surface area contributed by atoms with Crippen LogP contribution in [0.2, 0.25) is 0 Å². The molecule has 0 saturated heterocycles. The first kappa shape index (κ1) is 8.20. The highest BCUT2D eigenvalue weighted by Gasteiger charge is 2.20. The lowest BCUT2D eigenvalue weighted by Crippen LogP contribution is -2.16. The maximum atomic E-state index is 5.47. The molecule has 0 atom stereocenters. The van der Waals surface area contributed by atoms with Crippen molar-refractivity contribution in [2.24, 2.45) is 5.73 Å². The van der Waals surface area contributed by atoms with Crippen molar-refractivity contribution < 1.29 is 0 Å². The number of hydrogen-bond donors (Lipinski definition) is 2. The van der Waals surface area contributed by atoms with E-state index < -0.39 is 0 Å². The minimum Gasteiger partial charge on any atom is -0.325 e. The fourth-order valence-electron chi connectivity index (χ4n) is 0.996. The Morgan fingerprint density at radius 2 is 2.00 bits per heavy atom. The van der Waals surface area contributed by atoms with E-state index in [1.54, 1.807) is 0 Å². The zero-order valence-corrected chi connectivity index (χ0v) is 7.18. The summed E-state index contributed by atoms with van der Waals surface area (Å²) in [6.45, 7) is 6.71.